The Balaban J connectivity index is 2.22. The number of carbonyl (C=O) groups excluding carboxylic acids is 1. The summed E-state index contributed by atoms with van der Waals surface area (Å²) in [5, 5.41) is 0. The Kier molecular flexibility index (Phi) is 1.54. The zero-order valence-electron chi connectivity index (χ0n) is 7.84. The summed E-state index contributed by atoms with van der Waals surface area (Å²) in [6.45, 7) is 1.52. The van der Waals surface area contributed by atoms with Crippen molar-refractivity contribution in [3.8, 4) is 0 Å². The van der Waals surface area contributed by atoms with Crippen LogP contribution in [0.4, 0.5) is 4.39 Å². The summed E-state index contributed by atoms with van der Waals surface area (Å²) in [6.07, 6.45) is 1.25. The smallest absolute Gasteiger partial charge is 0.326 e. The van der Waals surface area contributed by atoms with Crippen molar-refractivity contribution in [2.45, 2.75) is 31.0 Å². The number of halogens is 1. The van der Waals surface area contributed by atoms with E-state index in [4.69, 9.17) is 5.73 Å². The van der Waals surface area contributed by atoms with Crippen molar-refractivity contribution >= 4 is 5.97 Å². The van der Waals surface area contributed by atoms with E-state index in [1.807, 2.05) is 0 Å². The molecule has 4 unspecified atom stereocenters. The predicted molar refractivity (Wildman–Crippen MR) is 44.7 cm³/mol. The maximum atomic E-state index is 13.6. The molecule has 2 saturated carbocycles. The number of nitrogens with two attached hydrogens (primary N) is 1. The third kappa shape index (κ3) is 0.894. The third-order valence-electron chi connectivity index (χ3n) is 3.62. The molecule has 0 aromatic carbocycles. The average molecular weight is 187 g/mol. The topological polar surface area (TPSA) is 52.3 Å². The van der Waals surface area contributed by atoms with Crippen molar-refractivity contribution in [2.24, 2.45) is 17.6 Å². The summed E-state index contributed by atoms with van der Waals surface area (Å²) in [5.41, 5.74) is 3.54. The van der Waals surface area contributed by atoms with E-state index < -0.39 is 17.2 Å². The third-order valence-corrected chi connectivity index (χ3v) is 3.62. The summed E-state index contributed by atoms with van der Waals surface area (Å²) in [6, 6.07) is 0. The van der Waals surface area contributed by atoms with Gasteiger partial charge in [0, 0.05) is 11.8 Å². The van der Waals surface area contributed by atoms with Gasteiger partial charge in [-0.2, -0.15) is 0 Å². The van der Waals surface area contributed by atoms with E-state index in [9.17, 15) is 9.18 Å². The second-order valence-corrected chi connectivity index (χ2v) is 4.31. The highest BCUT2D eigenvalue weighted by Gasteiger charge is 2.75. The molecule has 0 bridgehead atoms. The first-order chi connectivity index (χ1) is 5.94. The van der Waals surface area contributed by atoms with E-state index in [0.717, 1.165) is 0 Å². The molecule has 2 rings (SSSR count). The minimum Gasteiger partial charge on any atom is -0.468 e. The molecule has 3 nitrogen and oxygen atoms in total. The molecule has 2 N–H and O–H groups in total. The Morgan fingerprint density at radius 2 is 2.31 bits per heavy atom. The highest BCUT2D eigenvalue weighted by Crippen LogP contribution is 2.66. The SMILES string of the molecule is COC(=O)C1(N)CCC2C1C2(C)F. The number of rotatable bonds is 1. The fourth-order valence-corrected chi connectivity index (χ4v) is 2.85. The molecule has 4 atom stereocenters. The standard InChI is InChI=1S/C9H14FNO2/c1-8(10)5-3-4-9(11,6(5)8)7(12)13-2/h5-6H,3-4,11H2,1-2H3. The molecular weight excluding hydrogens is 173 g/mol. The van der Waals surface area contributed by atoms with E-state index in [2.05, 4.69) is 4.74 Å². The van der Waals surface area contributed by atoms with Crippen LogP contribution in [-0.2, 0) is 9.53 Å². The van der Waals surface area contributed by atoms with E-state index in [-0.39, 0.29) is 11.8 Å². The molecule has 2 aliphatic carbocycles. The Morgan fingerprint density at radius 1 is 1.69 bits per heavy atom. The minimum atomic E-state index is -1.25. The summed E-state index contributed by atoms with van der Waals surface area (Å²) in [7, 11) is 1.29. The Bertz CT molecular complexity index is 266. The highest BCUT2D eigenvalue weighted by atomic mass is 19.1. The van der Waals surface area contributed by atoms with Crippen LogP contribution in [0.25, 0.3) is 0 Å². The van der Waals surface area contributed by atoms with E-state index >= 15 is 0 Å². The number of methoxy groups -OCH3 is 1. The van der Waals surface area contributed by atoms with Crippen LogP contribution in [-0.4, -0.2) is 24.3 Å². The van der Waals surface area contributed by atoms with Gasteiger partial charge in [-0.25, -0.2) is 4.39 Å². The lowest BCUT2D eigenvalue weighted by Gasteiger charge is -2.24. The number of alkyl halides is 1. The van der Waals surface area contributed by atoms with Crippen LogP contribution in [0.3, 0.4) is 0 Å². The molecule has 0 aromatic rings. The van der Waals surface area contributed by atoms with Crippen LogP contribution in [0.2, 0.25) is 0 Å². The lowest BCUT2D eigenvalue weighted by molar-refractivity contribution is -0.148. The van der Waals surface area contributed by atoms with Crippen molar-refractivity contribution in [1.82, 2.24) is 0 Å². The van der Waals surface area contributed by atoms with Crippen LogP contribution >= 0.6 is 0 Å². The maximum Gasteiger partial charge on any atom is 0.326 e. The summed E-state index contributed by atoms with van der Waals surface area (Å²) >= 11 is 0. The lowest BCUT2D eigenvalue weighted by atomic mass is 9.91. The molecule has 2 aliphatic rings. The first-order valence-electron chi connectivity index (χ1n) is 4.51. The summed E-state index contributed by atoms with van der Waals surface area (Å²) < 4.78 is 18.2. The normalized spacial score (nSPS) is 52.9. The van der Waals surface area contributed by atoms with Crippen LogP contribution in [0.5, 0.6) is 0 Å². The van der Waals surface area contributed by atoms with Crippen molar-refractivity contribution in [1.29, 1.82) is 0 Å². The maximum absolute atomic E-state index is 13.6. The number of esters is 1. The number of fused-ring (bicyclic) bond motifs is 1. The summed E-state index contributed by atoms with van der Waals surface area (Å²) in [5.74, 6) is -0.828. The Labute approximate surface area is 76.4 Å². The highest BCUT2D eigenvalue weighted by molar-refractivity contribution is 5.83. The van der Waals surface area contributed by atoms with Crippen molar-refractivity contribution in [3.05, 3.63) is 0 Å². The number of hydrogen-bond donors (Lipinski definition) is 1. The molecule has 0 aromatic heterocycles. The van der Waals surface area contributed by atoms with Gasteiger partial charge in [0.25, 0.3) is 0 Å². The molecule has 4 heteroatoms. The van der Waals surface area contributed by atoms with Gasteiger partial charge in [-0.15, -0.1) is 0 Å². The zero-order valence-corrected chi connectivity index (χ0v) is 7.84. The molecule has 0 radical (unpaired) electrons. The quantitative estimate of drug-likeness (QED) is 0.612. The van der Waals surface area contributed by atoms with E-state index in [1.54, 1.807) is 0 Å². The fraction of sp³-hybridized carbons (Fsp3) is 0.889. The molecule has 0 amide bonds. The Hall–Kier alpha value is -0.640. The van der Waals surface area contributed by atoms with Gasteiger partial charge in [-0.05, 0) is 19.8 Å². The van der Waals surface area contributed by atoms with Gasteiger partial charge in [0.1, 0.15) is 11.2 Å². The van der Waals surface area contributed by atoms with Crippen LogP contribution in [0, 0.1) is 11.8 Å². The first kappa shape index (κ1) is 8.94. The minimum absolute atomic E-state index is 0.0309. The van der Waals surface area contributed by atoms with Crippen LogP contribution in [0.1, 0.15) is 19.8 Å². The van der Waals surface area contributed by atoms with Gasteiger partial charge in [-0.1, -0.05) is 0 Å². The van der Waals surface area contributed by atoms with Gasteiger partial charge < -0.3 is 10.5 Å². The summed E-state index contributed by atoms with van der Waals surface area (Å²) in [4.78, 5) is 11.3. The van der Waals surface area contributed by atoms with E-state index in [1.165, 1.54) is 14.0 Å². The van der Waals surface area contributed by atoms with Gasteiger partial charge in [0.2, 0.25) is 0 Å². The predicted octanol–water partition coefficient (Wildman–Crippen LogP) is 0.625. The molecular formula is C9H14FNO2. The number of hydrogen-bond acceptors (Lipinski definition) is 3. The Morgan fingerprint density at radius 3 is 2.69 bits per heavy atom. The van der Waals surface area contributed by atoms with Gasteiger partial charge >= 0.3 is 5.97 Å². The van der Waals surface area contributed by atoms with Gasteiger partial charge in [0.05, 0.1) is 7.11 Å². The number of carbonyl (C=O) groups is 1. The van der Waals surface area contributed by atoms with Crippen molar-refractivity contribution in [2.75, 3.05) is 7.11 Å². The molecule has 2 fully saturated rings. The lowest BCUT2D eigenvalue weighted by Crippen LogP contribution is -2.51. The second-order valence-electron chi connectivity index (χ2n) is 4.31. The van der Waals surface area contributed by atoms with Crippen LogP contribution < -0.4 is 5.73 Å². The largest absolute Gasteiger partial charge is 0.468 e. The van der Waals surface area contributed by atoms with E-state index in [0.29, 0.717) is 12.8 Å². The average Bonchev–Trinajstić information content (AvgIpc) is 2.42. The van der Waals surface area contributed by atoms with Gasteiger partial charge in [-0.3, -0.25) is 4.79 Å². The first-order valence-corrected chi connectivity index (χ1v) is 4.51. The molecule has 13 heavy (non-hydrogen) atoms. The fourth-order valence-electron chi connectivity index (χ4n) is 2.85. The number of ether oxygens (including phenoxy) is 1. The zero-order chi connectivity index (χ0) is 9.85. The molecule has 74 valence electrons. The monoisotopic (exact) mass is 187 g/mol. The van der Waals surface area contributed by atoms with Crippen LogP contribution in [0.15, 0.2) is 0 Å². The molecule has 0 saturated heterocycles. The van der Waals surface area contributed by atoms with Crippen molar-refractivity contribution in [3.63, 3.8) is 0 Å². The molecule has 0 heterocycles. The molecule has 0 spiro atoms. The second kappa shape index (κ2) is 2.23. The molecule has 0 aliphatic heterocycles. The van der Waals surface area contributed by atoms with Crippen molar-refractivity contribution < 1.29 is 13.9 Å². The van der Waals surface area contributed by atoms with Gasteiger partial charge in [0.15, 0.2) is 0 Å².